The van der Waals surface area contributed by atoms with Crippen LogP contribution in [0.15, 0.2) is 30.3 Å². The molecule has 8 heteroatoms. The number of hydrogen-bond acceptors (Lipinski definition) is 4. The van der Waals surface area contributed by atoms with E-state index in [2.05, 4.69) is 0 Å². The van der Waals surface area contributed by atoms with Crippen LogP contribution in [0.5, 0.6) is 0 Å². The maximum Gasteiger partial charge on any atom is 0.410 e. The fourth-order valence-corrected chi connectivity index (χ4v) is 4.32. The van der Waals surface area contributed by atoms with Crippen molar-refractivity contribution in [1.82, 2.24) is 9.21 Å². The van der Waals surface area contributed by atoms with Crippen LogP contribution in [0.25, 0.3) is 0 Å². The van der Waals surface area contributed by atoms with Gasteiger partial charge in [-0.2, -0.15) is 12.7 Å². The van der Waals surface area contributed by atoms with Gasteiger partial charge in [-0.25, -0.2) is 4.79 Å². The summed E-state index contributed by atoms with van der Waals surface area (Å²) >= 11 is 0. The number of piperidine rings is 1. The van der Waals surface area contributed by atoms with E-state index >= 15 is 0 Å². The van der Waals surface area contributed by atoms with Crippen molar-refractivity contribution in [2.24, 2.45) is 0 Å². The largest absolute Gasteiger partial charge is 0.445 e. The van der Waals surface area contributed by atoms with Gasteiger partial charge in [0.1, 0.15) is 6.61 Å². The molecule has 1 spiro atoms. The Bertz CT molecular complexity index is 672. The molecule has 2 saturated heterocycles. The first kappa shape index (κ1) is 16.2. The van der Waals surface area contributed by atoms with Crippen molar-refractivity contribution >= 4 is 16.5 Å². The van der Waals surface area contributed by atoms with Gasteiger partial charge in [-0.1, -0.05) is 34.2 Å². The lowest BCUT2D eigenvalue weighted by Gasteiger charge is -2.53. The van der Waals surface area contributed by atoms with E-state index in [1.807, 2.05) is 30.3 Å². The molecule has 0 radical (unpaired) electrons. The van der Waals surface area contributed by atoms with E-state index in [-0.39, 0.29) is 13.2 Å². The van der Waals surface area contributed by atoms with Crippen LogP contribution in [-0.2, 0) is 21.8 Å². The summed E-state index contributed by atoms with van der Waals surface area (Å²) in [6.07, 6.45) is 1.11. The Hall–Kier alpha value is -1.67. The van der Waals surface area contributed by atoms with Gasteiger partial charge < -0.3 is 9.64 Å². The minimum Gasteiger partial charge on any atom is -0.445 e. The minimum absolute atomic E-state index is 0.201. The molecule has 2 aliphatic rings. The summed E-state index contributed by atoms with van der Waals surface area (Å²) in [7, 11) is -4.66. The Labute approximate surface area is 135 Å². The van der Waals surface area contributed by atoms with Crippen molar-refractivity contribution in [2.45, 2.75) is 31.4 Å². The van der Waals surface area contributed by atoms with Crippen molar-refractivity contribution < 1.29 is 21.8 Å². The first-order valence-corrected chi connectivity index (χ1v) is 8.93. The zero-order valence-corrected chi connectivity index (χ0v) is 13.5. The Morgan fingerprint density at radius 3 is 2.26 bits per heavy atom. The molecule has 2 fully saturated rings. The van der Waals surface area contributed by atoms with Crippen LogP contribution in [0, 0.1) is 0 Å². The van der Waals surface area contributed by atoms with E-state index in [0.29, 0.717) is 32.4 Å². The molecular weight excluding hydrogens is 323 g/mol. The van der Waals surface area contributed by atoms with Crippen molar-refractivity contribution in [3.05, 3.63) is 35.9 Å². The first-order chi connectivity index (χ1) is 10.9. The first-order valence-electron chi connectivity index (χ1n) is 7.59. The second kappa shape index (κ2) is 6.09. The lowest BCUT2D eigenvalue weighted by atomic mass is 9.79. The van der Waals surface area contributed by atoms with E-state index in [9.17, 15) is 17.1 Å². The predicted octanol–water partition coefficient (Wildman–Crippen LogP) is 2.08. The standard InChI is InChI=1S/C15H19FN2O4S/c16-23(20,21)18-11-8-15(18)6-9-17(10-7-15)14(19)22-12-13-4-2-1-3-5-13/h1-5H,6-12H2. The Kier molecular flexibility index (Phi) is 4.29. The van der Waals surface area contributed by atoms with Crippen LogP contribution in [0.4, 0.5) is 8.68 Å². The van der Waals surface area contributed by atoms with Crippen LogP contribution in [0.2, 0.25) is 0 Å². The maximum atomic E-state index is 13.2. The molecule has 0 bridgehead atoms. The monoisotopic (exact) mass is 342 g/mol. The predicted molar refractivity (Wildman–Crippen MR) is 81.5 cm³/mol. The molecule has 1 aromatic rings. The summed E-state index contributed by atoms with van der Waals surface area (Å²) in [6, 6.07) is 9.37. The SMILES string of the molecule is O=C(OCc1ccccc1)N1CCC2(CC1)CCN2S(=O)(=O)F. The number of carbonyl (C=O) groups is 1. The fraction of sp³-hybridized carbons (Fsp3) is 0.533. The van der Waals surface area contributed by atoms with Crippen LogP contribution in [0.1, 0.15) is 24.8 Å². The number of benzene rings is 1. The highest BCUT2D eigenvalue weighted by atomic mass is 32.3. The Balaban J connectivity index is 1.52. The van der Waals surface area contributed by atoms with Crippen molar-refractivity contribution in [1.29, 1.82) is 0 Å². The van der Waals surface area contributed by atoms with Gasteiger partial charge in [0.05, 0.1) is 0 Å². The molecule has 6 nitrogen and oxygen atoms in total. The summed E-state index contributed by atoms with van der Waals surface area (Å²) in [6.45, 7) is 1.17. The topological polar surface area (TPSA) is 66.9 Å². The van der Waals surface area contributed by atoms with Gasteiger partial charge in [-0.3, -0.25) is 0 Å². The average molecular weight is 342 g/mol. The zero-order valence-electron chi connectivity index (χ0n) is 12.7. The molecule has 2 aliphatic heterocycles. The number of hydrogen-bond donors (Lipinski definition) is 0. The average Bonchev–Trinajstić information content (AvgIpc) is 2.51. The molecule has 0 atom stereocenters. The number of likely N-dealkylation sites (tertiary alicyclic amines) is 1. The molecule has 1 amide bonds. The van der Waals surface area contributed by atoms with Gasteiger partial charge in [-0.15, -0.1) is 0 Å². The number of nitrogens with zero attached hydrogens (tertiary/aromatic N) is 2. The van der Waals surface area contributed by atoms with Gasteiger partial charge in [0.15, 0.2) is 0 Å². The van der Waals surface area contributed by atoms with E-state index in [4.69, 9.17) is 4.74 Å². The Morgan fingerprint density at radius 2 is 1.74 bits per heavy atom. The van der Waals surface area contributed by atoms with Gasteiger partial charge in [0, 0.05) is 25.2 Å². The molecule has 0 saturated carbocycles. The highest BCUT2D eigenvalue weighted by molar-refractivity contribution is 7.84. The molecule has 126 valence electrons. The van der Waals surface area contributed by atoms with Crippen molar-refractivity contribution in [3.8, 4) is 0 Å². The summed E-state index contributed by atoms with van der Waals surface area (Å²) in [5.74, 6) is 0. The highest BCUT2D eigenvalue weighted by Gasteiger charge is 2.52. The third kappa shape index (κ3) is 3.32. The second-order valence-corrected chi connectivity index (χ2v) is 7.28. The molecule has 23 heavy (non-hydrogen) atoms. The summed E-state index contributed by atoms with van der Waals surface area (Å²) in [5, 5.41) is 0. The quantitative estimate of drug-likeness (QED) is 0.789. The Morgan fingerprint density at radius 1 is 1.13 bits per heavy atom. The molecule has 0 aromatic heterocycles. The summed E-state index contributed by atoms with van der Waals surface area (Å²) in [4.78, 5) is 13.6. The lowest BCUT2D eigenvalue weighted by molar-refractivity contribution is -0.00108. The normalized spacial score (nSPS) is 21.0. The van der Waals surface area contributed by atoms with E-state index in [1.165, 1.54) is 0 Å². The zero-order chi connectivity index (χ0) is 16.5. The second-order valence-electron chi connectivity index (χ2n) is 6.02. The van der Waals surface area contributed by atoms with Crippen molar-refractivity contribution in [3.63, 3.8) is 0 Å². The van der Waals surface area contributed by atoms with Crippen LogP contribution < -0.4 is 0 Å². The number of carbonyl (C=O) groups excluding carboxylic acids is 1. The van der Waals surface area contributed by atoms with Crippen molar-refractivity contribution in [2.75, 3.05) is 19.6 Å². The molecular formula is C15H19FN2O4S. The maximum absolute atomic E-state index is 13.2. The minimum atomic E-state index is -4.66. The molecule has 0 aliphatic carbocycles. The van der Waals surface area contributed by atoms with Crippen LogP contribution in [-0.4, -0.2) is 48.9 Å². The van der Waals surface area contributed by atoms with Gasteiger partial charge in [0.25, 0.3) is 0 Å². The van der Waals surface area contributed by atoms with E-state index in [1.54, 1.807) is 4.90 Å². The number of ether oxygens (including phenoxy) is 1. The smallest absolute Gasteiger partial charge is 0.410 e. The fourth-order valence-electron chi connectivity index (χ4n) is 3.28. The molecule has 0 N–H and O–H groups in total. The molecule has 2 heterocycles. The number of halogens is 1. The molecule has 0 unspecified atom stereocenters. The molecule has 1 aromatic carbocycles. The van der Waals surface area contributed by atoms with Gasteiger partial charge in [-0.05, 0) is 24.8 Å². The van der Waals surface area contributed by atoms with E-state index in [0.717, 1.165) is 9.87 Å². The van der Waals surface area contributed by atoms with Gasteiger partial charge in [0.2, 0.25) is 0 Å². The van der Waals surface area contributed by atoms with Gasteiger partial charge >= 0.3 is 16.5 Å². The van der Waals surface area contributed by atoms with Crippen LogP contribution in [0.3, 0.4) is 0 Å². The van der Waals surface area contributed by atoms with E-state index < -0.39 is 22.0 Å². The molecule has 3 rings (SSSR count). The summed E-state index contributed by atoms with van der Waals surface area (Å²) in [5.41, 5.74) is 0.257. The number of rotatable bonds is 3. The van der Waals surface area contributed by atoms with Crippen LogP contribution >= 0.6 is 0 Å². The number of amides is 1. The summed E-state index contributed by atoms with van der Waals surface area (Å²) < 4.78 is 41.6. The third-order valence-corrected chi connectivity index (χ3v) is 5.83. The lowest BCUT2D eigenvalue weighted by Crippen LogP contribution is -2.65. The highest BCUT2D eigenvalue weighted by Crippen LogP contribution is 2.42. The third-order valence-electron chi connectivity index (χ3n) is 4.73.